The molecule has 0 radical (unpaired) electrons. The van der Waals surface area contributed by atoms with Gasteiger partial charge in [-0.05, 0) is 120 Å². The molecule has 0 aliphatic heterocycles. The molecule has 3 aromatic rings. The summed E-state index contributed by atoms with van der Waals surface area (Å²) in [5.74, 6) is -0.375. The van der Waals surface area contributed by atoms with Crippen molar-refractivity contribution < 1.29 is 23.0 Å². The molecule has 3 aromatic carbocycles. The molecule has 3 nitrogen and oxygen atoms in total. The van der Waals surface area contributed by atoms with Crippen LogP contribution in [-0.2, 0) is 9.53 Å². The lowest BCUT2D eigenvalue weighted by Crippen LogP contribution is -2.33. The van der Waals surface area contributed by atoms with Crippen molar-refractivity contribution in [3.8, 4) is 5.75 Å². The van der Waals surface area contributed by atoms with Crippen LogP contribution < -0.4 is 4.74 Å². The van der Waals surface area contributed by atoms with E-state index < -0.39 is 10.9 Å². The van der Waals surface area contributed by atoms with Crippen LogP contribution in [0.4, 0.5) is 8.78 Å². The van der Waals surface area contributed by atoms with Crippen LogP contribution in [0.2, 0.25) is 0 Å². The highest BCUT2D eigenvalue weighted by Crippen LogP contribution is 2.51. The maximum absolute atomic E-state index is 13.5. The lowest BCUT2D eigenvalue weighted by molar-refractivity contribution is -0.162. The van der Waals surface area contributed by atoms with Crippen LogP contribution in [0.1, 0.15) is 39.0 Å². The van der Waals surface area contributed by atoms with Crippen molar-refractivity contribution in [3.05, 3.63) is 84.4 Å². The van der Waals surface area contributed by atoms with Crippen LogP contribution in [0.3, 0.4) is 0 Å². The summed E-state index contributed by atoms with van der Waals surface area (Å²) < 4.78 is 38.4. The van der Waals surface area contributed by atoms with Crippen molar-refractivity contribution in [1.29, 1.82) is 0 Å². The molecule has 33 heavy (non-hydrogen) atoms. The van der Waals surface area contributed by atoms with Crippen molar-refractivity contribution in [2.24, 2.45) is 0 Å². The van der Waals surface area contributed by atoms with Crippen molar-refractivity contribution >= 4 is 16.9 Å². The second kappa shape index (κ2) is 10.4. The summed E-state index contributed by atoms with van der Waals surface area (Å²) in [7, 11) is -1.00. The molecule has 0 amide bonds. The van der Waals surface area contributed by atoms with Crippen LogP contribution in [0.5, 0.6) is 5.75 Å². The Morgan fingerprint density at radius 3 is 1.73 bits per heavy atom. The van der Waals surface area contributed by atoms with Gasteiger partial charge in [0.15, 0.2) is 6.61 Å². The Morgan fingerprint density at radius 1 is 0.818 bits per heavy atom. The number of ether oxygens (including phenoxy) is 2. The van der Waals surface area contributed by atoms with E-state index in [0.29, 0.717) is 5.75 Å². The molecule has 0 unspecified atom stereocenters. The zero-order valence-electron chi connectivity index (χ0n) is 18.6. The van der Waals surface area contributed by atoms with Gasteiger partial charge in [-0.1, -0.05) is 6.92 Å². The van der Waals surface area contributed by atoms with Crippen LogP contribution in [0.25, 0.3) is 0 Å². The first kappa shape index (κ1) is 23.3. The molecule has 0 N–H and O–H groups in total. The minimum absolute atomic E-state index is 0.133. The standard InChI is InChI=1S/C27H28F2O3S/c1-2-27(17-3-4-18-27)32-26(30)19-31-22-9-15-25(16-10-22)33(23-11-5-20(28)6-12-23)24-13-7-21(29)8-14-24/h5-16,33H,2-4,17-19H2,1H3. The van der Waals surface area contributed by atoms with Crippen molar-refractivity contribution in [2.45, 2.75) is 59.3 Å². The van der Waals surface area contributed by atoms with Gasteiger partial charge in [0.2, 0.25) is 0 Å². The lowest BCUT2D eigenvalue weighted by atomic mass is 9.99. The fourth-order valence-electron chi connectivity index (χ4n) is 4.28. The Labute approximate surface area is 196 Å². The molecular formula is C27H28F2O3S. The monoisotopic (exact) mass is 470 g/mol. The highest BCUT2D eigenvalue weighted by molar-refractivity contribution is 8.17. The van der Waals surface area contributed by atoms with Gasteiger partial charge in [-0.2, -0.15) is 10.9 Å². The largest absolute Gasteiger partial charge is 0.482 e. The molecule has 0 atom stereocenters. The molecule has 1 aliphatic carbocycles. The highest BCUT2D eigenvalue weighted by Gasteiger charge is 2.35. The minimum atomic E-state index is -1.00. The number of carbonyl (C=O) groups excluding carboxylic acids is 1. The fourth-order valence-corrected chi connectivity index (χ4v) is 6.52. The van der Waals surface area contributed by atoms with Gasteiger partial charge < -0.3 is 9.47 Å². The van der Waals surface area contributed by atoms with E-state index in [1.54, 1.807) is 24.3 Å². The number of benzene rings is 3. The zero-order chi connectivity index (χ0) is 23.3. The first-order valence-corrected chi connectivity index (χ1v) is 12.6. The van der Waals surface area contributed by atoms with Crippen molar-refractivity contribution in [3.63, 3.8) is 0 Å². The number of hydrogen-bond acceptors (Lipinski definition) is 3. The molecule has 0 heterocycles. The highest BCUT2D eigenvalue weighted by atomic mass is 32.2. The fraction of sp³-hybridized carbons (Fsp3) is 0.296. The first-order chi connectivity index (χ1) is 16.0. The average Bonchev–Trinajstić information content (AvgIpc) is 3.30. The van der Waals surface area contributed by atoms with Gasteiger partial charge in [-0.15, -0.1) is 0 Å². The van der Waals surface area contributed by atoms with Crippen LogP contribution in [0, 0.1) is 11.6 Å². The molecule has 1 fully saturated rings. The third-order valence-corrected chi connectivity index (χ3v) is 8.55. The van der Waals surface area contributed by atoms with E-state index in [0.717, 1.165) is 46.8 Å². The van der Waals surface area contributed by atoms with Gasteiger partial charge in [-0.25, -0.2) is 13.6 Å². The normalized spacial score (nSPS) is 15.2. The van der Waals surface area contributed by atoms with Crippen LogP contribution >= 0.6 is 10.9 Å². The molecule has 0 aromatic heterocycles. The Morgan fingerprint density at radius 2 is 1.27 bits per heavy atom. The second-order valence-electron chi connectivity index (χ2n) is 8.29. The average molecular weight is 471 g/mol. The van der Waals surface area contributed by atoms with Gasteiger partial charge in [0, 0.05) is 0 Å². The number of hydrogen-bond donors (Lipinski definition) is 1. The molecule has 0 saturated heterocycles. The summed E-state index contributed by atoms with van der Waals surface area (Å²) in [6.45, 7) is 1.92. The van der Waals surface area contributed by atoms with Crippen LogP contribution in [-0.4, -0.2) is 18.2 Å². The summed E-state index contributed by atoms with van der Waals surface area (Å²) in [5, 5.41) is 0. The molecular weight excluding hydrogens is 442 g/mol. The predicted octanol–water partition coefficient (Wildman–Crippen LogP) is 7.09. The van der Waals surface area contributed by atoms with E-state index in [-0.39, 0.29) is 29.8 Å². The van der Waals surface area contributed by atoms with Crippen molar-refractivity contribution in [1.82, 2.24) is 0 Å². The van der Waals surface area contributed by atoms with Crippen LogP contribution in [0.15, 0.2) is 87.5 Å². The number of rotatable bonds is 8. The summed E-state index contributed by atoms with van der Waals surface area (Å²) in [6.07, 6.45) is 4.84. The summed E-state index contributed by atoms with van der Waals surface area (Å²) in [6, 6.07) is 20.3. The zero-order valence-corrected chi connectivity index (χ0v) is 19.5. The summed E-state index contributed by atoms with van der Waals surface area (Å²) >= 11 is 0. The number of carbonyl (C=O) groups is 1. The number of halogens is 2. The molecule has 4 rings (SSSR count). The van der Waals surface area contributed by atoms with Gasteiger partial charge in [0.1, 0.15) is 23.0 Å². The molecule has 174 valence electrons. The van der Waals surface area contributed by atoms with Gasteiger partial charge in [0.05, 0.1) is 0 Å². The van der Waals surface area contributed by atoms with E-state index in [1.807, 2.05) is 24.3 Å². The van der Waals surface area contributed by atoms with Crippen molar-refractivity contribution in [2.75, 3.05) is 6.61 Å². The third-order valence-electron chi connectivity index (χ3n) is 6.11. The van der Waals surface area contributed by atoms with Gasteiger partial charge in [0.25, 0.3) is 0 Å². The Hall–Kier alpha value is -2.86. The number of esters is 1. The Kier molecular flexibility index (Phi) is 7.33. The smallest absolute Gasteiger partial charge is 0.344 e. The molecule has 0 bridgehead atoms. The quantitative estimate of drug-likeness (QED) is 0.282. The topological polar surface area (TPSA) is 35.5 Å². The molecule has 6 heteroatoms. The SMILES string of the molecule is CCC1(OC(=O)COc2ccc([SH](c3ccc(F)cc3)c3ccc(F)cc3)cc2)CCCC1. The molecule has 0 spiro atoms. The maximum Gasteiger partial charge on any atom is 0.344 e. The first-order valence-electron chi connectivity index (χ1n) is 11.2. The van der Waals surface area contributed by atoms with E-state index in [4.69, 9.17) is 9.47 Å². The molecule has 1 saturated carbocycles. The minimum Gasteiger partial charge on any atom is -0.482 e. The summed E-state index contributed by atoms with van der Waals surface area (Å²) in [4.78, 5) is 15.3. The summed E-state index contributed by atoms with van der Waals surface area (Å²) in [5.41, 5.74) is -0.329. The Bertz CT molecular complexity index is 1010. The maximum atomic E-state index is 13.5. The number of thiol groups is 1. The second-order valence-corrected chi connectivity index (χ2v) is 10.5. The lowest BCUT2D eigenvalue weighted by Gasteiger charge is -2.27. The van der Waals surface area contributed by atoms with E-state index >= 15 is 0 Å². The van der Waals surface area contributed by atoms with E-state index in [2.05, 4.69) is 6.92 Å². The third kappa shape index (κ3) is 5.74. The van der Waals surface area contributed by atoms with E-state index in [1.165, 1.54) is 24.3 Å². The predicted molar refractivity (Wildman–Crippen MR) is 126 cm³/mol. The molecule has 1 aliphatic rings. The van der Waals surface area contributed by atoms with Gasteiger partial charge in [-0.3, -0.25) is 0 Å². The van der Waals surface area contributed by atoms with E-state index in [9.17, 15) is 13.6 Å². The Balaban J connectivity index is 1.47. The van der Waals surface area contributed by atoms with Gasteiger partial charge >= 0.3 is 5.97 Å².